The molecule has 0 aromatic heterocycles. The molecule has 0 N–H and O–H groups in total. The van der Waals surface area contributed by atoms with Crippen molar-refractivity contribution in [3.05, 3.63) is 23.8 Å². The number of methoxy groups -OCH3 is 1. The van der Waals surface area contributed by atoms with Gasteiger partial charge in [0, 0.05) is 18.8 Å². The predicted octanol–water partition coefficient (Wildman–Crippen LogP) is 6.63. The molecule has 5 heteroatoms. The van der Waals surface area contributed by atoms with Crippen LogP contribution >= 0.6 is 28.5 Å². The molecule has 0 amide bonds. The summed E-state index contributed by atoms with van der Waals surface area (Å²) in [6.07, 6.45) is 15.6. The van der Waals surface area contributed by atoms with Crippen LogP contribution in [0.15, 0.2) is 23.8 Å². The number of fused-ring (bicyclic) bond motifs is 1. The van der Waals surface area contributed by atoms with E-state index in [9.17, 15) is 4.79 Å². The van der Waals surface area contributed by atoms with Crippen molar-refractivity contribution in [3.63, 3.8) is 0 Å². The van der Waals surface area contributed by atoms with Crippen LogP contribution in [-0.2, 0) is 14.1 Å². The molecule has 0 saturated heterocycles. The van der Waals surface area contributed by atoms with Crippen LogP contribution in [0.3, 0.4) is 0 Å². The fourth-order valence-electron chi connectivity index (χ4n) is 4.58. The number of esters is 1. The van der Waals surface area contributed by atoms with Gasteiger partial charge < -0.3 is 9.26 Å². The fourth-order valence-corrected chi connectivity index (χ4v) is 5.93. The summed E-state index contributed by atoms with van der Waals surface area (Å²) < 4.78 is 10.8. The highest BCUT2D eigenvalue weighted by molar-refractivity contribution is 14.2. The molecule has 2 fully saturated rings. The highest BCUT2D eigenvalue weighted by Crippen LogP contribution is 2.53. The van der Waals surface area contributed by atoms with Crippen molar-refractivity contribution in [2.24, 2.45) is 23.7 Å². The summed E-state index contributed by atoms with van der Waals surface area (Å²) in [5.74, 6) is 8.69. The Balaban J connectivity index is 1.90. The van der Waals surface area contributed by atoms with E-state index in [2.05, 4.69) is 59.0 Å². The normalized spacial score (nSPS) is 29.4. The van der Waals surface area contributed by atoms with Crippen LogP contribution in [0.2, 0.25) is 0 Å². The van der Waals surface area contributed by atoms with Crippen LogP contribution in [-0.4, -0.2) is 19.2 Å². The summed E-state index contributed by atoms with van der Waals surface area (Å²) >= 11 is 2.35. The van der Waals surface area contributed by atoms with Crippen molar-refractivity contribution in [2.45, 2.75) is 71.3 Å². The summed E-state index contributed by atoms with van der Waals surface area (Å²) in [5.41, 5.74) is 1.58. The summed E-state index contributed by atoms with van der Waals surface area (Å²) in [7, 11) is 1.46. The van der Waals surface area contributed by atoms with Crippen molar-refractivity contribution in [3.8, 4) is 11.8 Å². The van der Waals surface area contributed by atoms with Gasteiger partial charge in [0.05, 0.1) is 19.7 Å². The van der Waals surface area contributed by atoms with Crippen molar-refractivity contribution >= 4 is 34.5 Å². The lowest BCUT2D eigenvalue weighted by Crippen LogP contribution is -2.17. The van der Waals surface area contributed by atoms with Gasteiger partial charge in [0.2, 0.25) is 0 Å². The topological polar surface area (TPSA) is 35.5 Å². The highest BCUT2D eigenvalue weighted by atomic mass is 127. The number of ether oxygens (including phenoxy) is 1. The zero-order chi connectivity index (χ0) is 20.4. The zero-order valence-electron chi connectivity index (χ0n) is 17.4. The molecule has 2 rings (SSSR count). The van der Waals surface area contributed by atoms with Gasteiger partial charge in [-0.1, -0.05) is 30.7 Å². The quantitative estimate of drug-likeness (QED) is 0.0817. The van der Waals surface area contributed by atoms with E-state index >= 15 is 0 Å². The second-order valence-corrected chi connectivity index (χ2v) is 9.82. The number of carbonyl (C=O) groups excluding carboxylic acids is 1. The van der Waals surface area contributed by atoms with Gasteiger partial charge >= 0.3 is 5.97 Å². The minimum atomic E-state index is -0.106. The SMILES string of the molecule is CC#CCC(C)C/C=C/C1C2CC(=CCCCC(=O)OC)C[C@H]2C[C@H]1OPI. The molecule has 0 heterocycles. The molecule has 0 spiro atoms. The third kappa shape index (κ3) is 7.47. The number of hydrogen-bond acceptors (Lipinski definition) is 3. The molecule has 2 aliphatic carbocycles. The molecule has 4 unspecified atom stereocenters. The van der Waals surface area contributed by atoms with E-state index < -0.39 is 0 Å². The molecule has 0 bridgehead atoms. The van der Waals surface area contributed by atoms with Crippen molar-refractivity contribution in [1.29, 1.82) is 0 Å². The van der Waals surface area contributed by atoms with Crippen molar-refractivity contribution in [1.82, 2.24) is 0 Å². The van der Waals surface area contributed by atoms with Gasteiger partial charge in [-0.05, 0) is 85.2 Å². The third-order valence-corrected chi connectivity index (χ3v) is 7.21. The van der Waals surface area contributed by atoms with E-state index in [0.717, 1.165) is 31.6 Å². The minimum Gasteiger partial charge on any atom is -0.469 e. The minimum absolute atomic E-state index is 0.106. The summed E-state index contributed by atoms with van der Waals surface area (Å²) in [4.78, 5) is 11.2. The average Bonchev–Trinajstić information content (AvgIpc) is 3.21. The number of allylic oxidation sites excluding steroid dienone is 3. The van der Waals surface area contributed by atoms with E-state index in [1.165, 1.54) is 26.4 Å². The first-order chi connectivity index (χ1) is 13.6. The van der Waals surface area contributed by atoms with Gasteiger partial charge in [0.1, 0.15) is 0 Å². The Morgan fingerprint density at radius 2 is 2.25 bits per heavy atom. The molecular weight excluding hydrogens is 482 g/mol. The molecule has 3 nitrogen and oxygen atoms in total. The summed E-state index contributed by atoms with van der Waals surface area (Å²) in [5, 5.41) is 0. The van der Waals surface area contributed by atoms with E-state index in [-0.39, 0.29) is 5.97 Å². The van der Waals surface area contributed by atoms with E-state index in [1.807, 2.05) is 6.92 Å². The number of rotatable bonds is 10. The summed E-state index contributed by atoms with van der Waals surface area (Å²) in [6.45, 7) is 4.72. The van der Waals surface area contributed by atoms with Crippen molar-refractivity contribution in [2.75, 3.05) is 7.11 Å². The Morgan fingerprint density at radius 3 is 2.96 bits per heavy atom. The van der Waals surface area contributed by atoms with Gasteiger partial charge in [-0.25, -0.2) is 0 Å². The van der Waals surface area contributed by atoms with Crippen LogP contribution < -0.4 is 0 Å². The number of unbranched alkanes of at least 4 members (excludes halogenated alkanes) is 1. The zero-order valence-corrected chi connectivity index (χ0v) is 20.5. The Kier molecular flexibility index (Phi) is 11.1. The first kappa shape index (κ1) is 23.9. The Hall–Kier alpha value is -0.370. The maximum atomic E-state index is 11.2. The molecule has 2 saturated carbocycles. The van der Waals surface area contributed by atoms with Crippen molar-refractivity contribution < 1.29 is 14.1 Å². The van der Waals surface area contributed by atoms with Crippen LogP contribution in [0.25, 0.3) is 0 Å². The molecule has 0 aromatic carbocycles. The lowest BCUT2D eigenvalue weighted by atomic mass is 9.90. The smallest absolute Gasteiger partial charge is 0.305 e. The molecular formula is C23H34IO3P. The van der Waals surface area contributed by atoms with Crippen LogP contribution in [0.5, 0.6) is 0 Å². The first-order valence-electron chi connectivity index (χ1n) is 10.4. The molecule has 156 valence electrons. The predicted molar refractivity (Wildman–Crippen MR) is 126 cm³/mol. The highest BCUT2D eigenvalue weighted by Gasteiger charge is 2.46. The van der Waals surface area contributed by atoms with Crippen LogP contribution in [0.1, 0.15) is 65.2 Å². The molecule has 0 aromatic rings. The van der Waals surface area contributed by atoms with Gasteiger partial charge in [-0.3, -0.25) is 4.79 Å². The molecule has 6 atom stereocenters. The maximum absolute atomic E-state index is 11.2. The van der Waals surface area contributed by atoms with E-state index in [1.54, 1.807) is 5.57 Å². The monoisotopic (exact) mass is 516 g/mol. The van der Waals surface area contributed by atoms with E-state index in [4.69, 9.17) is 9.26 Å². The first-order valence-corrected chi connectivity index (χ1v) is 14.4. The molecule has 2 aliphatic rings. The Bertz CT molecular complexity index is 619. The maximum Gasteiger partial charge on any atom is 0.305 e. The second kappa shape index (κ2) is 13.0. The standard InChI is InChI=1S/C23H34IO3P/c1-4-5-9-17(2)10-8-12-20-21-15-18(11-6-7-13-23(25)26-3)14-19(21)16-22(20)27-28-24/h8,11-12,17,19-22,28H,6-7,9-10,13-16H2,1-3H3/b12-8+,18-11?/t17?,19-,20?,21?,22+/m0/s1. The van der Waals surface area contributed by atoms with Gasteiger partial charge in [0.25, 0.3) is 0 Å². The Morgan fingerprint density at radius 1 is 1.43 bits per heavy atom. The largest absolute Gasteiger partial charge is 0.469 e. The second-order valence-electron chi connectivity index (χ2n) is 8.11. The van der Waals surface area contributed by atoms with Crippen LogP contribution in [0, 0.1) is 35.5 Å². The average molecular weight is 516 g/mol. The van der Waals surface area contributed by atoms with Gasteiger partial charge in [-0.2, -0.15) is 0 Å². The number of halogens is 1. The van der Waals surface area contributed by atoms with Crippen LogP contribution in [0.4, 0.5) is 0 Å². The Labute approximate surface area is 185 Å². The van der Waals surface area contributed by atoms with E-state index in [0.29, 0.717) is 36.7 Å². The number of hydrogen-bond donors (Lipinski definition) is 0. The van der Waals surface area contributed by atoms with Gasteiger partial charge in [0.15, 0.2) is 0 Å². The molecule has 0 radical (unpaired) electrons. The molecule has 28 heavy (non-hydrogen) atoms. The summed E-state index contributed by atoms with van der Waals surface area (Å²) in [6, 6.07) is 0. The lowest BCUT2D eigenvalue weighted by molar-refractivity contribution is -0.140. The molecule has 0 aliphatic heterocycles. The van der Waals surface area contributed by atoms with Gasteiger partial charge in [-0.15, -0.1) is 11.8 Å². The lowest BCUT2D eigenvalue weighted by Gasteiger charge is -2.20. The number of carbonyl (C=O) groups is 1. The fraction of sp³-hybridized carbons (Fsp3) is 0.696. The third-order valence-electron chi connectivity index (χ3n) is 6.05.